The molecule has 1 aliphatic heterocycles. The van der Waals surface area contributed by atoms with Crippen molar-refractivity contribution in [3.8, 4) is 0 Å². The fraction of sp³-hybridized carbons (Fsp3) is 0.211. The van der Waals surface area contributed by atoms with Gasteiger partial charge in [-0.2, -0.15) is 0 Å². The van der Waals surface area contributed by atoms with Crippen molar-refractivity contribution in [2.45, 2.75) is 4.90 Å². The third-order valence-electron chi connectivity index (χ3n) is 3.60. The normalized spacial score (nSPS) is 15.5. The van der Waals surface area contributed by atoms with E-state index in [4.69, 9.17) is 4.74 Å². The number of nitrogens with zero attached hydrogens (tertiary/aromatic N) is 1. The number of hydrogen-bond acceptors (Lipinski definition) is 4. The Morgan fingerprint density at radius 2 is 1.57 bits per heavy atom. The highest BCUT2D eigenvalue weighted by atomic mass is 32.2. The summed E-state index contributed by atoms with van der Waals surface area (Å²) in [6, 6.07) is 19.5. The van der Waals surface area contributed by atoms with Crippen LogP contribution in [0.15, 0.2) is 76.7 Å². The van der Waals surface area contributed by atoms with Gasteiger partial charge in [-0.1, -0.05) is 60.3 Å². The van der Waals surface area contributed by atoms with Crippen LogP contribution in [-0.2, 0) is 4.74 Å². The molecule has 1 fully saturated rings. The van der Waals surface area contributed by atoms with Crippen LogP contribution in [-0.4, -0.2) is 37.0 Å². The van der Waals surface area contributed by atoms with Gasteiger partial charge in [-0.05, 0) is 12.1 Å². The molecule has 0 aromatic heterocycles. The minimum atomic E-state index is 0.0375. The molecule has 0 N–H and O–H groups in total. The van der Waals surface area contributed by atoms with Gasteiger partial charge in [-0.3, -0.25) is 4.79 Å². The first kappa shape index (κ1) is 15.8. The number of ether oxygens (including phenoxy) is 1. The van der Waals surface area contributed by atoms with Gasteiger partial charge in [0.25, 0.3) is 0 Å². The molecule has 0 saturated carbocycles. The van der Waals surface area contributed by atoms with Crippen molar-refractivity contribution in [3.63, 3.8) is 0 Å². The molecule has 3 nitrogen and oxygen atoms in total. The topological polar surface area (TPSA) is 29.5 Å². The van der Waals surface area contributed by atoms with Crippen molar-refractivity contribution in [3.05, 3.63) is 77.3 Å². The molecule has 2 aromatic rings. The first-order valence-corrected chi connectivity index (χ1v) is 8.51. The number of allylic oxidation sites excluding steroid dienone is 1. The SMILES string of the molecule is O=C(C=C(Sc1ccccc1)N1CCOCC1)c1ccccc1. The molecule has 0 spiro atoms. The molecule has 1 saturated heterocycles. The highest BCUT2D eigenvalue weighted by Gasteiger charge is 2.16. The molecule has 2 aromatic carbocycles. The molecule has 0 aliphatic carbocycles. The van der Waals surface area contributed by atoms with E-state index in [1.807, 2.05) is 48.5 Å². The molecule has 1 aliphatic rings. The number of carbonyl (C=O) groups excluding carboxylic acids is 1. The van der Waals surface area contributed by atoms with Gasteiger partial charge in [-0.15, -0.1) is 0 Å². The number of thioether (sulfide) groups is 1. The van der Waals surface area contributed by atoms with E-state index < -0.39 is 0 Å². The minimum absolute atomic E-state index is 0.0375. The quantitative estimate of drug-likeness (QED) is 0.475. The van der Waals surface area contributed by atoms with Gasteiger partial charge in [0.05, 0.1) is 18.2 Å². The van der Waals surface area contributed by atoms with E-state index in [-0.39, 0.29) is 5.78 Å². The lowest BCUT2D eigenvalue weighted by Gasteiger charge is -2.30. The van der Waals surface area contributed by atoms with Gasteiger partial charge in [0.2, 0.25) is 0 Å². The lowest BCUT2D eigenvalue weighted by atomic mass is 10.1. The lowest BCUT2D eigenvalue weighted by Crippen LogP contribution is -2.35. The van der Waals surface area contributed by atoms with E-state index in [0.717, 1.165) is 23.0 Å². The van der Waals surface area contributed by atoms with Crippen LogP contribution in [0, 0.1) is 0 Å². The van der Waals surface area contributed by atoms with Gasteiger partial charge < -0.3 is 9.64 Å². The molecule has 3 rings (SSSR count). The number of ketones is 1. The van der Waals surface area contributed by atoms with Crippen LogP contribution in [0.1, 0.15) is 10.4 Å². The summed E-state index contributed by atoms with van der Waals surface area (Å²) in [7, 11) is 0. The Kier molecular flexibility index (Phi) is 5.51. The molecule has 0 atom stereocenters. The van der Waals surface area contributed by atoms with Crippen LogP contribution in [0.4, 0.5) is 0 Å². The van der Waals surface area contributed by atoms with Gasteiger partial charge in [0.15, 0.2) is 5.78 Å². The largest absolute Gasteiger partial charge is 0.378 e. The first-order valence-electron chi connectivity index (χ1n) is 7.69. The Bertz CT molecular complexity index is 664. The highest BCUT2D eigenvalue weighted by molar-refractivity contribution is 8.03. The Hall–Kier alpha value is -2.04. The minimum Gasteiger partial charge on any atom is -0.378 e. The summed E-state index contributed by atoms with van der Waals surface area (Å²) < 4.78 is 5.43. The number of carbonyl (C=O) groups is 1. The van der Waals surface area contributed by atoms with Crippen LogP contribution in [0.2, 0.25) is 0 Å². The third kappa shape index (κ3) is 4.47. The monoisotopic (exact) mass is 325 g/mol. The van der Waals surface area contributed by atoms with Crippen molar-refractivity contribution in [1.82, 2.24) is 4.90 Å². The molecule has 118 valence electrons. The van der Waals surface area contributed by atoms with Crippen LogP contribution in [0.25, 0.3) is 0 Å². The van der Waals surface area contributed by atoms with E-state index in [0.29, 0.717) is 18.8 Å². The fourth-order valence-corrected chi connectivity index (χ4v) is 3.39. The zero-order chi connectivity index (χ0) is 15.9. The molecular formula is C19H19NO2S. The van der Waals surface area contributed by atoms with Crippen LogP contribution >= 0.6 is 11.8 Å². The molecule has 1 heterocycles. The van der Waals surface area contributed by atoms with Crippen molar-refractivity contribution < 1.29 is 9.53 Å². The summed E-state index contributed by atoms with van der Waals surface area (Å²) in [4.78, 5) is 15.9. The molecule has 4 heteroatoms. The highest BCUT2D eigenvalue weighted by Crippen LogP contribution is 2.30. The summed E-state index contributed by atoms with van der Waals surface area (Å²) in [6.07, 6.45) is 1.75. The molecule has 0 unspecified atom stereocenters. The number of morpholine rings is 1. The molecule has 0 amide bonds. The lowest BCUT2D eigenvalue weighted by molar-refractivity contribution is 0.0574. The molecule has 23 heavy (non-hydrogen) atoms. The van der Waals surface area contributed by atoms with E-state index in [1.54, 1.807) is 17.8 Å². The third-order valence-corrected chi connectivity index (χ3v) is 4.69. The summed E-state index contributed by atoms with van der Waals surface area (Å²) >= 11 is 1.63. The molecule has 0 bridgehead atoms. The Labute approximate surface area is 141 Å². The maximum atomic E-state index is 12.5. The first-order chi connectivity index (χ1) is 11.3. The van der Waals surface area contributed by atoms with Gasteiger partial charge in [0.1, 0.15) is 0 Å². The van der Waals surface area contributed by atoms with Crippen LogP contribution in [0.3, 0.4) is 0 Å². The van der Waals surface area contributed by atoms with Crippen molar-refractivity contribution in [2.24, 2.45) is 0 Å². The Morgan fingerprint density at radius 3 is 2.22 bits per heavy atom. The van der Waals surface area contributed by atoms with E-state index in [9.17, 15) is 4.79 Å². The van der Waals surface area contributed by atoms with E-state index in [1.165, 1.54) is 0 Å². The average molecular weight is 325 g/mol. The summed E-state index contributed by atoms with van der Waals surface area (Å²) in [5.41, 5.74) is 0.715. The molecule has 0 radical (unpaired) electrons. The van der Waals surface area contributed by atoms with Gasteiger partial charge >= 0.3 is 0 Å². The maximum Gasteiger partial charge on any atom is 0.188 e. The van der Waals surface area contributed by atoms with Crippen LogP contribution < -0.4 is 0 Å². The number of benzene rings is 2. The van der Waals surface area contributed by atoms with Crippen LogP contribution in [0.5, 0.6) is 0 Å². The number of rotatable bonds is 5. The second kappa shape index (κ2) is 7.99. The fourth-order valence-electron chi connectivity index (χ4n) is 2.38. The molecular weight excluding hydrogens is 306 g/mol. The second-order valence-electron chi connectivity index (χ2n) is 5.23. The predicted octanol–water partition coefficient (Wildman–Crippen LogP) is 3.84. The Morgan fingerprint density at radius 1 is 0.957 bits per heavy atom. The standard InChI is InChI=1S/C19H19NO2S/c21-18(16-7-3-1-4-8-16)15-19(20-11-13-22-14-12-20)23-17-9-5-2-6-10-17/h1-10,15H,11-14H2. The smallest absolute Gasteiger partial charge is 0.188 e. The van der Waals surface area contributed by atoms with Crippen molar-refractivity contribution in [2.75, 3.05) is 26.3 Å². The zero-order valence-electron chi connectivity index (χ0n) is 12.9. The van der Waals surface area contributed by atoms with Crippen molar-refractivity contribution >= 4 is 17.5 Å². The zero-order valence-corrected chi connectivity index (χ0v) is 13.7. The average Bonchev–Trinajstić information content (AvgIpc) is 2.63. The maximum absolute atomic E-state index is 12.5. The van der Waals surface area contributed by atoms with Gasteiger partial charge in [0, 0.05) is 29.6 Å². The van der Waals surface area contributed by atoms with Gasteiger partial charge in [-0.25, -0.2) is 0 Å². The predicted molar refractivity (Wildman–Crippen MR) is 93.5 cm³/mol. The van der Waals surface area contributed by atoms with E-state index in [2.05, 4.69) is 17.0 Å². The van der Waals surface area contributed by atoms with Crippen molar-refractivity contribution in [1.29, 1.82) is 0 Å². The second-order valence-corrected chi connectivity index (χ2v) is 6.32. The number of hydrogen-bond donors (Lipinski definition) is 0. The van der Waals surface area contributed by atoms with E-state index >= 15 is 0 Å². The summed E-state index contributed by atoms with van der Waals surface area (Å²) in [5.74, 6) is 0.0375. The summed E-state index contributed by atoms with van der Waals surface area (Å²) in [5, 5.41) is 0.980. The summed E-state index contributed by atoms with van der Waals surface area (Å²) in [6.45, 7) is 3.03. The Balaban J connectivity index is 1.84.